The molecule has 0 spiro atoms. The van der Waals surface area contributed by atoms with Crippen molar-refractivity contribution in [3.8, 4) is 0 Å². The van der Waals surface area contributed by atoms with Gasteiger partial charge >= 0.3 is 5.97 Å². The fourth-order valence-electron chi connectivity index (χ4n) is 6.29. The number of aryl methyl sites for hydroxylation is 3. The van der Waals surface area contributed by atoms with Crippen LogP contribution in [0.5, 0.6) is 0 Å². The van der Waals surface area contributed by atoms with Crippen LogP contribution in [-0.2, 0) is 23.8 Å². The van der Waals surface area contributed by atoms with E-state index in [2.05, 4.69) is 32.9 Å². The molecule has 2 saturated heterocycles. The average molecular weight is 415 g/mol. The quantitative estimate of drug-likeness (QED) is 0.658. The Labute approximate surface area is 179 Å². The van der Waals surface area contributed by atoms with E-state index in [9.17, 15) is 9.59 Å². The number of rotatable bonds is 6. The maximum Gasteiger partial charge on any atom is 0.308 e. The molecule has 3 unspecified atom stereocenters. The van der Waals surface area contributed by atoms with Crippen molar-refractivity contribution in [2.45, 2.75) is 77.6 Å². The summed E-state index contributed by atoms with van der Waals surface area (Å²) < 4.78 is 18.0. The number of Topliss-reactive ketones (excluding diaryl/α,β-unsaturated/α-hetero) is 1. The molecule has 2 bridgehead atoms. The summed E-state index contributed by atoms with van der Waals surface area (Å²) in [4.78, 5) is 26.8. The molecule has 4 rings (SSSR count). The molecular weight excluding hydrogens is 380 g/mol. The molecule has 5 nitrogen and oxygen atoms in total. The summed E-state index contributed by atoms with van der Waals surface area (Å²) >= 11 is 0. The molecule has 1 aromatic carbocycles. The minimum atomic E-state index is -0.580. The smallest absolute Gasteiger partial charge is 0.308 e. The highest BCUT2D eigenvalue weighted by molar-refractivity contribution is 5.94. The molecule has 3 fully saturated rings. The first kappa shape index (κ1) is 21.5. The molecule has 0 N–H and O–H groups in total. The van der Waals surface area contributed by atoms with Crippen molar-refractivity contribution in [3.05, 3.63) is 34.4 Å². The van der Waals surface area contributed by atoms with Gasteiger partial charge in [0.05, 0.1) is 30.5 Å². The minimum Gasteiger partial charge on any atom is -0.461 e. The first-order chi connectivity index (χ1) is 14.2. The summed E-state index contributed by atoms with van der Waals surface area (Å²) in [5.41, 5.74) is 3.79. The Morgan fingerprint density at radius 3 is 2.53 bits per heavy atom. The van der Waals surface area contributed by atoms with E-state index in [0.717, 1.165) is 29.5 Å². The lowest BCUT2D eigenvalue weighted by Gasteiger charge is -2.31. The highest BCUT2D eigenvalue weighted by atomic mass is 16.6. The van der Waals surface area contributed by atoms with Crippen LogP contribution >= 0.6 is 0 Å². The number of ether oxygens (including phenoxy) is 3. The van der Waals surface area contributed by atoms with Gasteiger partial charge in [0.25, 0.3) is 0 Å². The lowest BCUT2D eigenvalue weighted by atomic mass is 9.73. The molecule has 2 heterocycles. The molecule has 3 aliphatic rings. The topological polar surface area (TPSA) is 61.8 Å². The van der Waals surface area contributed by atoms with Gasteiger partial charge in [0, 0.05) is 13.0 Å². The van der Waals surface area contributed by atoms with Gasteiger partial charge in [-0.25, -0.2) is 0 Å². The Bertz CT molecular complexity index is 838. The SMILES string of the molecule is CCC(C)C(=O)OC1C(c2c(C)cc(C)cc2C)C(=O)[C@H]2[C@@H]1[C@@H]1CC[C@@]2(COC)O1. The zero-order valence-electron chi connectivity index (χ0n) is 19.0. The molecule has 1 aliphatic carbocycles. The van der Waals surface area contributed by atoms with Gasteiger partial charge in [-0.1, -0.05) is 31.5 Å². The number of methoxy groups -OCH3 is 1. The maximum atomic E-state index is 14.0. The number of benzene rings is 1. The number of hydrogen-bond acceptors (Lipinski definition) is 5. The van der Waals surface area contributed by atoms with Crippen molar-refractivity contribution < 1.29 is 23.8 Å². The second-order valence-corrected chi connectivity index (χ2v) is 9.65. The van der Waals surface area contributed by atoms with Crippen LogP contribution in [0.25, 0.3) is 0 Å². The van der Waals surface area contributed by atoms with Gasteiger partial charge < -0.3 is 14.2 Å². The fraction of sp³-hybridized carbons (Fsp3) is 0.680. The van der Waals surface area contributed by atoms with Crippen LogP contribution in [0.3, 0.4) is 0 Å². The summed E-state index contributed by atoms with van der Waals surface area (Å²) in [6.45, 7) is 10.4. The number of esters is 1. The molecule has 1 saturated carbocycles. The second-order valence-electron chi connectivity index (χ2n) is 9.65. The van der Waals surface area contributed by atoms with Gasteiger partial charge in [-0.3, -0.25) is 9.59 Å². The lowest BCUT2D eigenvalue weighted by Crippen LogP contribution is -2.44. The largest absolute Gasteiger partial charge is 0.461 e. The van der Waals surface area contributed by atoms with E-state index in [1.54, 1.807) is 7.11 Å². The third-order valence-corrected chi connectivity index (χ3v) is 7.64. The molecule has 30 heavy (non-hydrogen) atoms. The first-order valence-electron chi connectivity index (χ1n) is 11.2. The van der Waals surface area contributed by atoms with Gasteiger partial charge in [-0.2, -0.15) is 0 Å². The Hall–Kier alpha value is -1.72. The number of fused-ring (bicyclic) bond motifs is 5. The van der Waals surface area contributed by atoms with Gasteiger partial charge in [0.15, 0.2) is 5.78 Å². The number of hydrogen-bond donors (Lipinski definition) is 0. The van der Waals surface area contributed by atoms with E-state index in [1.807, 2.05) is 13.8 Å². The molecule has 1 aromatic rings. The zero-order valence-corrected chi connectivity index (χ0v) is 19.0. The average Bonchev–Trinajstić information content (AvgIpc) is 3.32. The van der Waals surface area contributed by atoms with Crippen molar-refractivity contribution in [3.63, 3.8) is 0 Å². The van der Waals surface area contributed by atoms with E-state index in [-0.39, 0.29) is 35.6 Å². The molecule has 5 heteroatoms. The van der Waals surface area contributed by atoms with E-state index in [4.69, 9.17) is 14.2 Å². The van der Waals surface area contributed by atoms with Crippen molar-refractivity contribution in [2.75, 3.05) is 13.7 Å². The predicted molar refractivity (Wildman–Crippen MR) is 113 cm³/mol. The lowest BCUT2D eigenvalue weighted by molar-refractivity contribution is -0.157. The van der Waals surface area contributed by atoms with E-state index in [1.165, 1.54) is 5.56 Å². The monoisotopic (exact) mass is 414 g/mol. The Balaban J connectivity index is 1.80. The maximum absolute atomic E-state index is 14.0. The van der Waals surface area contributed by atoms with Gasteiger partial charge in [-0.15, -0.1) is 0 Å². The van der Waals surface area contributed by atoms with E-state index < -0.39 is 17.6 Å². The predicted octanol–water partition coefficient (Wildman–Crippen LogP) is 4.05. The standard InChI is InChI=1S/C25H34O5/c1-7-14(3)24(27)29-23-19-17-8-9-25(30-17,12-28-6)21(19)22(26)20(23)18-15(4)10-13(2)11-16(18)5/h10-11,14,17,19-21,23H,7-9,12H2,1-6H3/t14?,17-,19-,20?,21+,23?,25-/m0/s1. The fourth-order valence-corrected chi connectivity index (χ4v) is 6.29. The highest BCUT2D eigenvalue weighted by Crippen LogP contribution is 2.60. The van der Waals surface area contributed by atoms with Crippen molar-refractivity contribution in [1.29, 1.82) is 0 Å². The second kappa shape index (κ2) is 7.76. The van der Waals surface area contributed by atoms with Crippen LogP contribution in [0, 0.1) is 38.5 Å². The number of ketones is 1. The van der Waals surface area contributed by atoms with Crippen LogP contribution in [0.4, 0.5) is 0 Å². The van der Waals surface area contributed by atoms with Crippen molar-refractivity contribution in [1.82, 2.24) is 0 Å². The zero-order chi connectivity index (χ0) is 21.8. The Morgan fingerprint density at radius 2 is 1.93 bits per heavy atom. The third kappa shape index (κ3) is 3.13. The molecular formula is C25H34O5. The van der Waals surface area contributed by atoms with Crippen LogP contribution < -0.4 is 0 Å². The van der Waals surface area contributed by atoms with Crippen LogP contribution in [0.2, 0.25) is 0 Å². The molecule has 7 atom stereocenters. The molecule has 164 valence electrons. The van der Waals surface area contributed by atoms with Crippen LogP contribution in [0.15, 0.2) is 12.1 Å². The summed E-state index contributed by atoms with van der Waals surface area (Å²) in [7, 11) is 1.66. The molecule has 0 amide bonds. The van der Waals surface area contributed by atoms with Gasteiger partial charge in [0.2, 0.25) is 0 Å². The molecule has 0 radical (unpaired) electrons. The summed E-state index contributed by atoms with van der Waals surface area (Å²) in [5.74, 6) is -1.07. The molecule has 0 aromatic heterocycles. The third-order valence-electron chi connectivity index (χ3n) is 7.64. The van der Waals surface area contributed by atoms with Crippen LogP contribution in [-0.4, -0.2) is 43.3 Å². The Kier molecular flexibility index (Phi) is 5.56. The summed E-state index contributed by atoms with van der Waals surface area (Å²) in [6.07, 6.45) is 1.89. The molecule has 2 aliphatic heterocycles. The van der Waals surface area contributed by atoms with Gasteiger partial charge in [-0.05, 0) is 56.7 Å². The van der Waals surface area contributed by atoms with Crippen molar-refractivity contribution >= 4 is 11.8 Å². The minimum absolute atomic E-state index is 0.0557. The van der Waals surface area contributed by atoms with E-state index in [0.29, 0.717) is 13.0 Å². The van der Waals surface area contributed by atoms with Gasteiger partial charge in [0.1, 0.15) is 11.7 Å². The summed E-state index contributed by atoms with van der Waals surface area (Å²) in [6, 6.07) is 4.24. The normalized spacial score (nSPS) is 35.5. The number of carbonyl (C=O) groups is 2. The van der Waals surface area contributed by atoms with Crippen molar-refractivity contribution in [2.24, 2.45) is 17.8 Å². The highest BCUT2D eigenvalue weighted by Gasteiger charge is 2.70. The number of carbonyl (C=O) groups excluding carboxylic acids is 2. The first-order valence-corrected chi connectivity index (χ1v) is 11.2. The Morgan fingerprint density at radius 1 is 1.27 bits per heavy atom. The van der Waals surface area contributed by atoms with Crippen LogP contribution in [0.1, 0.15) is 61.3 Å². The van der Waals surface area contributed by atoms with E-state index >= 15 is 0 Å². The summed E-state index contributed by atoms with van der Waals surface area (Å²) in [5, 5.41) is 0.